The summed E-state index contributed by atoms with van der Waals surface area (Å²) >= 11 is 0. The Bertz CT molecular complexity index is 624. The second kappa shape index (κ2) is 10.7. The summed E-state index contributed by atoms with van der Waals surface area (Å²) in [7, 11) is 0. The molecular weight excluding hydrogens is 511 g/mol. The molecule has 0 aromatic rings. The van der Waals surface area contributed by atoms with Crippen LogP contribution in [-0.4, -0.2) is 53.8 Å². The second-order valence-electron chi connectivity index (χ2n) is 10.4. The Hall–Kier alpha value is -0.395. The molecule has 9 atom stereocenters. The molecule has 9 unspecified atom stereocenters. The number of fused-ring (bicyclic) bond motifs is 3. The fourth-order valence-electron chi connectivity index (χ4n) is 5.80. The SMILES string of the molecule is CC1CC2CC(C)[N-]C2=N1.CC1CC2CC(C)[N-]C2=N1.CC1CC2CC(C)[N-]C2=N1.[La+3]. The summed E-state index contributed by atoms with van der Waals surface area (Å²) in [5.41, 5.74) is 0. The third-order valence-electron chi connectivity index (χ3n) is 6.97. The van der Waals surface area contributed by atoms with Gasteiger partial charge in [0.05, 0.1) is 0 Å². The van der Waals surface area contributed by atoms with Crippen molar-refractivity contribution in [3.63, 3.8) is 0 Å². The van der Waals surface area contributed by atoms with Crippen molar-refractivity contribution in [1.29, 1.82) is 0 Å². The second-order valence-corrected chi connectivity index (χ2v) is 10.4. The van der Waals surface area contributed by atoms with Gasteiger partial charge in [-0.25, -0.2) is 0 Å². The summed E-state index contributed by atoms with van der Waals surface area (Å²) in [5.74, 6) is 5.60. The molecule has 0 aromatic carbocycles. The Morgan fingerprint density at radius 2 is 0.742 bits per heavy atom. The van der Waals surface area contributed by atoms with Gasteiger partial charge < -0.3 is 30.9 Å². The van der Waals surface area contributed by atoms with Crippen LogP contribution in [0.3, 0.4) is 0 Å². The summed E-state index contributed by atoms with van der Waals surface area (Å²) in [4.78, 5) is 13.4. The standard InChI is InChI=1S/3C8H13N2.La/c3*1-5-3-7-4-6(2)10-8(7)9-5;/h3*5-7H,3-4H2,1-2H3;/q3*-1;+3. The van der Waals surface area contributed by atoms with E-state index in [1.807, 2.05) is 0 Å². The molecule has 6 rings (SSSR count). The molecule has 6 aliphatic rings. The van der Waals surface area contributed by atoms with Gasteiger partial charge in [0.25, 0.3) is 0 Å². The molecule has 6 heterocycles. The quantitative estimate of drug-likeness (QED) is 0.361. The van der Waals surface area contributed by atoms with Crippen molar-refractivity contribution in [2.24, 2.45) is 32.7 Å². The summed E-state index contributed by atoms with van der Waals surface area (Å²) in [6, 6.07) is 3.23. The van der Waals surface area contributed by atoms with Crippen LogP contribution in [0.1, 0.15) is 80.1 Å². The average molecular weight is 551 g/mol. The first-order chi connectivity index (χ1) is 14.3. The van der Waals surface area contributed by atoms with E-state index in [0.29, 0.717) is 54.0 Å². The number of nitrogens with zero attached hydrogens (tertiary/aromatic N) is 6. The van der Waals surface area contributed by atoms with Crippen LogP contribution in [0.4, 0.5) is 0 Å². The molecule has 168 valence electrons. The van der Waals surface area contributed by atoms with Crippen molar-refractivity contribution in [3.05, 3.63) is 16.0 Å². The molecule has 7 heteroatoms. The van der Waals surface area contributed by atoms with E-state index in [0.717, 1.165) is 17.5 Å². The summed E-state index contributed by atoms with van der Waals surface area (Å²) in [6.45, 7) is 13.0. The van der Waals surface area contributed by atoms with Crippen LogP contribution >= 0.6 is 0 Å². The van der Waals surface area contributed by atoms with E-state index in [-0.39, 0.29) is 35.6 Å². The molecule has 3 fully saturated rings. The van der Waals surface area contributed by atoms with Crippen LogP contribution in [0.5, 0.6) is 0 Å². The molecular formula is C24H39LaN6. The molecule has 3 saturated heterocycles. The topological polar surface area (TPSA) is 79.4 Å². The van der Waals surface area contributed by atoms with Crippen molar-refractivity contribution in [2.75, 3.05) is 0 Å². The zero-order chi connectivity index (χ0) is 21.4. The Kier molecular flexibility index (Phi) is 8.70. The molecule has 0 N–H and O–H groups in total. The van der Waals surface area contributed by atoms with Gasteiger partial charge in [-0.3, -0.25) is 0 Å². The summed E-state index contributed by atoms with van der Waals surface area (Å²) in [5, 5.41) is 13.4. The van der Waals surface area contributed by atoms with Gasteiger partial charge in [-0.15, -0.1) is 0 Å². The van der Waals surface area contributed by atoms with E-state index in [9.17, 15) is 0 Å². The van der Waals surface area contributed by atoms with Crippen LogP contribution < -0.4 is 0 Å². The molecule has 0 aromatic heterocycles. The van der Waals surface area contributed by atoms with Crippen LogP contribution in [0, 0.1) is 53.4 Å². The van der Waals surface area contributed by atoms with Gasteiger partial charge in [0, 0.05) is 0 Å². The van der Waals surface area contributed by atoms with Crippen LogP contribution in [-0.2, 0) is 0 Å². The maximum Gasteiger partial charge on any atom is 3.00 e. The van der Waals surface area contributed by atoms with Gasteiger partial charge in [-0.2, -0.15) is 0 Å². The van der Waals surface area contributed by atoms with Crippen LogP contribution in [0.15, 0.2) is 15.0 Å². The first-order valence-corrected chi connectivity index (χ1v) is 12.1. The molecule has 0 saturated carbocycles. The van der Waals surface area contributed by atoms with Gasteiger partial charge >= 0.3 is 35.6 Å². The predicted molar refractivity (Wildman–Crippen MR) is 127 cm³/mol. The molecule has 6 nitrogen and oxygen atoms in total. The normalized spacial score (nSPS) is 43.2. The minimum absolute atomic E-state index is 0. The largest absolute Gasteiger partial charge is 3.00 e. The maximum absolute atomic E-state index is 4.45. The monoisotopic (exact) mass is 550 g/mol. The van der Waals surface area contributed by atoms with Gasteiger partial charge in [-0.05, 0) is 92.5 Å². The Morgan fingerprint density at radius 3 is 0.968 bits per heavy atom. The third-order valence-corrected chi connectivity index (χ3v) is 6.97. The van der Waals surface area contributed by atoms with Crippen LogP contribution in [0.25, 0.3) is 16.0 Å². The van der Waals surface area contributed by atoms with E-state index < -0.39 is 0 Å². The Morgan fingerprint density at radius 1 is 0.484 bits per heavy atom. The summed E-state index contributed by atoms with van der Waals surface area (Å²) < 4.78 is 0. The van der Waals surface area contributed by atoms with Crippen molar-refractivity contribution in [2.45, 2.75) is 116 Å². The van der Waals surface area contributed by atoms with E-state index in [4.69, 9.17) is 0 Å². The first kappa shape index (κ1) is 25.2. The Labute approximate surface area is 217 Å². The van der Waals surface area contributed by atoms with Crippen molar-refractivity contribution >= 4 is 17.5 Å². The predicted octanol–water partition coefficient (Wildman–Crippen LogP) is 5.88. The zero-order valence-electron chi connectivity index (χ0n) is 20.2. The van der Waals surface area contributed by atoms with Gasteiger partial charge in [0.15, 0.2) is 0 Å². The fraction of sp³-hybridized carbons (Fsp3) is 0.875. The van der Waals surface area contributed by atoms with Gasteiger partial charge in [0.2, 0.25) is 0 Å². The van der Waals surface area contributed by atoms with Gasteiger partial charge in [-0.1, -0.05) is 59.0 Å². The van der Waals surface area contributed by atoms with E-state index >= 15 is 0 Å². The number of amidine groups is 3. The van der Waals surface area contributed by atoms with Crippen molar-refractivity contribution < 1.29 is 35.6 Å². The van der Waals surface area contributed by atoms with Crippen LogP contribution in [0.2, 0.25) is 0 Å². The number of hydrogen-bond acceptors (Lipinski definition) is 3. The molecule has 0 bridgehead atoms. The van der Waals surface area contributed by atoms with Crippen molar-refractivity contribution in [3.8, 4) is 0 Å². The maximum atomic E-state index is 4.45. The molecule has 0 spiro atoms. The smallest absolute Gasteiger partial charge is 0.466 e. The Balaban J connectivity index is 0.000000130. The van der Waals surface area contributed by atoms with E-state index in [1.165, 1.54) is 38.5 Å². The minimum Gasteiger partial charge on any atom is -0.466 e. The van der Waals surface area contributed by atoms with Crippen molar-refractivity contribution in [1.82, 2.24) is 0 Å². The van der Waals surface area contributed by atoms with Gasteiger partial charge in [0.1, 0.15) is 0 Å². The zero-order valence-corrected chi connectivity index (χ0v) is 23.8. The third kappa shape index (κ3) is 6.35. The van der Waals surface area contributed by atoms with E-state index in [1.54, 1.807) is 0 Å². The number of aliphatic imine (C=N–C) groups is 3. The minimum atomic E-state index is 0. The first-order valence-electron chi connectivity index (χ1n) is 12.1. The van der Waals surface area contributed by atoms with E-state index in [2.05, 4.69) is 72.5 Å². The molecule has 6 aliphatic heterocycles. The molecule has 31 heavy (non-hydrogen) atoms. The fourth-order valence-corrected chi connectivity index (χ4v) is 5.80. The summed E-state index contributed by atoms with van der Waals surface area (Å²) in [6.07, 6.45) is 7.44. The molecule has 0 radical (unpaired) electrons. The molecule has 0 aliphatic carbocycles. The number of hydrogen-bond donors (Lipinski definition) is 0. The average Bonchev–Trinajstić information content (AvgIpc) is 3.41. The molecule has 0 amide bonds. The number of rotatable bonds is 0.